The molecule has 0 spiro atoms. The summed E-state index contributed by atoms with van der Waals surface area (Å²) in [6.45, 7) is 0. The number of nitrogens with one attached hydrogen (secondary N) is 1. The Labute approximate surface area is 173 Å². The predicted octanol–water partition coefficient (Wildman–Crippen LogP) is 4.59. The molecule has 0 aliphatic heterocycles. The van der Waals surface area contributed by atoms with E-state index in [1.165, 1.54) is 29.2 Å². The minimum Gasteiger partial charge on any atom is -0.465 e. The average molecular weight is 425 g/mol. The SMILES string of the molecule is O=C(Nc1ccc(C(F)(F)F)cc1)/C(=C\c1ccco1)n1nnnc1-c1ccccc1. The number of benzene rings is 2. The molecule has 0 saturated carbocycles. The van der Waals surface area contributed by atoms with Crippen molar-refractivity contribution >= 4 is 23.4 Å². The number of hydrogen-bond donors (Lipinski definition) is 1. The van der Waals surface area contributed by atoms with E-state index in [1.807, 2.05) is 6.07 Å². The molecule has 1 amide bonds. The Bertz CT molecular complexity index is 1200. The molecule has 4 aromatic rings. The van der Waals surface area contributed by atoms with Crippen molar-refractivity contribution in [2.24, 2.45) is 0 Å². The highest BCUT2D eigenvalue weighted by molar-refractivity contribution is 6.24. The lowest BCUT2D eigenvalue weighted by molar-refractivity contribution is -0.137. The third-order valence-corrected chi connectivity index (χ3v) is 4.25. The Morgan fingerprint density at radius 3 is 2.39 bits per heavy atom. The number of amides is 1. The van der Waals surface area contributed by atoms with Crippen LogP contribution >= 0.6 is 0 Å². The van der Waals surface area contributed by atoms with Crippen LogP contribution in [0.4, 0.5) is 18.9 Å². The third kappa shape index (κ3) is 4.53. The minimum atomic E-state index is -4.47. The fourth-order valence-electron chi connectivity index (χ4n) is 2.79. The van der Waals surface area contributed by atoms with Crippen LogP contribution in [0.25, 0.3) is 23.2 Å². The van der Waals surface area contributed by atoms with Crippen LogP contribution in [0, 0.1) is 0 Å². The van der Waals surface area contributed by atoms with E-state index in [1.54, 1.807) is 36.4 Å². The summed E-state index contributed by atoms with van der Waals surface area (Å²) in [6.07, 6.45) is -1.60. The summed E-state index contributed by atoms with van der Waals surface area (Å²) in [4.78, 5) is 13.0. The first-order valence-corrected chi connectivity index (χ1v) is 9.00. The zero-order valence-electron chi connectivity index (χ0n) is 15.7. The zero-order chi connectivity index (χ0) is 21.8. The molecule has 4 rings (SSSR count). The standard InChI is InChI=1S/C21H14F3N5O2/c22-21(23,24)15-8-10-16(11-9-15)25-20(30)18(13-17-7-4-12-31-17)29-19(26-27-28-29)14-5-2-1-3-6-14/h1-13H,(H,25,30)/b18-13+. The van der Waals surface area contributed by atoms with Crippen molar-refractivity contribution in [3.05, 3.63) is 84.3 Å². The van der Waals surface area contributed by atoms with E-state index in [-0.39, 0.29) is 11.4 Å². The molecule has 0 fully saturated rings. The molecule has 2 aromatic carbocycles. The topological polar surface area (TPSA) is 85.8 Å². The molecule has 2 aromatic heterocycles. The van der Waals surface area contributed by atoms with E-state index in [2.05, 4.69) is 20.8 Å². The van der Waals surface area contributed by atoms with Gasteiger partial charge in [0.15, 0.2) is 5.82 Å². The van der Waals surface area contributed by atoms with E-state index in [0.29, 0.717) is 17.1 Å². The quantitative estimate of drug-likeness (QED) is 0.473. The molecule has 0 bridgehead atoms. The Morgan fingerprint density at radius 1 is 1.00 bits per heavy atom. The fraction of sp³-hybridized carbons (Fsp3) is 0.0476. The summed E-state index contributed by atoms with van der Waals surface area (Å²) in [6, 6.07) is 16.4. The molecule has 0 unspecified atom stereocenters. The molecule has 156 valence electrons. The number of rotatable bonds is 5. The molecular formula is C21H14F3N5O2. The second-order valence-corrected chi connectivity index (χ2v) is 6.35. The van der Waals surface area contributed by atoms with Crippen molar-refractivity contribution in [3.8, 4) is 11.4 Å². The first-order chi connectivity index (χ1) is 14.9. The molecule has 0 saturated heterocycles. The number of halogens is 3. The van der Waals surface area contributed by atoms with Crippen molar-refractivity contribution in [2.75, 3.05) is 5.32 Å². The maximum absolute atomic E-state index is 13.0. The number of anilines is 1. The number of nitrogens with zero attached hydrogens (tertiary/aromatic N) is 4. The summed E-state index contributed by atoms with van der Waals surface area (Å²) in [5.74, 6) is 0.0358. The summed E-state index contributed by atoms with van der Waals surface area (Å²) in [7, 11) is 0. The zero-order valence-corrected chi connectivity index (χ0v) is 15.7. The number of carbonyl (C=O) groups excluding carboxylic acids is 1. The van der Waals surface area contributed by atoms with Crippen LogP contribution < -0.4 is 5.32 Å². The number of hydrogen-bond acceptors (Lipinski definition) is 5. The first kappa shape index (κ1) is 20.1. The van der Waals surface area contributed by atoms with Gasteiger partial charge in [0.05, 0.1) is 11.8 Å². The number of aromatic nitrogens is 4. The lowest BCUT2D eigenvalue weighted by Crippen LogP contribution is -2.19. The Morgan fingerprint density at radius 2 is 1.74 bits per heavy atom. The molecule has 0 aliphatic rings. The third-order valence-electron chi connectivity index (χ3n) is 4.25. The molecule has 0 aliphatic carbocycles. The molecular weight excluding hydrogens is 411 g/mol. The predicted molar refractivity (Wildman–Crippen MR) is 106 cm³/mol. The molecule has 7 nitrogen and oxygen atoms in total. The van der Waals surface area contributed by atoms with Crippen LogP contribution in [-0.2, 0) is 11.0 Å². The summed E-state index contributed by atoms with van der Waals surface area (Å²) in [5, 5.41) is 14.1. The van der Waals surface area contributed by atoms with E-state index in [0.717, 1.165) is 12.1 Å². The van der Waals surface area contributed by atoms with Gasteiger partial charge in [0, 0.05) is 17.3 Å². The number of alkyl halides is 3. The maximum atomic E-state index is 13.0. The molecule has 1 N–H and O–H groups in total. The van der Waals surface area contributed by atoms with E-state index in [9.17, 15) is 18.0 Å². The highest BCUT2D eigenvalue weighted by atomic mass is 19.4. The van der Waals surface area contributed by atoms with Gasteiger partial charge in [0.1, 0.15) is 11.5 Å². The monoisotopic (exact) mass is 425 g/mol. The van der Waals surface area contributed by atoms with Crippen molar-refractivity contribution in [1.82, 2.24) is 20.2 Å². The highest BCUT2D eigenvalue weighted by Crippen LogP contribution is 2.30. The fourth-order valence-corrected chi connectivity index (χ4v) is 2.79. The lowest BCUT2D eigenvalue weighted by atomic mass is 10.2. The van der Waals surface area contributed by atoms with Crippen molar-refractivity contribution in [2.45, 2.75) is 6.18 Å². The maximum Gasteiger partial charge on any atom is 0.416 e. The molecule has 10 heteroatoms. The largest absolute Gasteiger partial charge is 0.465 e. The van der Waals surface area contributed by atoms with Gasteiger partial charge in [0.25, 0.3) is 5.91 Å². The summed E-state index contributed by atoms with van der Waals surface area (Å²) >= 11 is 0. The van der Waals surface area contributed by atoms with Gasteiger partial charge in [-0.2, -0.15) is 17.9 Å². The van der Waals surface area contributed by atoms with Gasteiger partial charge < -0.3 is 9.73 Å². The summed E-state index contributed by atoms with van der Waals surface area (Å²) in [5.41, 5.74) is 0.0419. The van der Waals surface area contributed by atoms with Crippen LogP contribution in [0.2, 0.25) is 0 Å². The van der Waals surface area contributed by atoms with Crippen molar-refractivity contribution in [3.63, 3.8) is 0 Å². The van der Waals surface area contributed by atoms with E-state index in [4.69, 9.17) is 4.42 Å². The van der Waals surface area contributed by atoms with Gasteiger partial charge in [-0.25, -0.2) is 0 Å². The molecule has 31 heavy (non-hydrogen) atoms. The van der Waals surface area contributed by atoms with Gasteiger partial charge in [-0.3, -0.25) is 4.79 Å². The Hall–Kier alpha value is -4.21. The normalized spacial score (nSPS) is 12.0. The van der Waals surface area contributed by atoms with Gasteiger partial charge in [-0.05, 0) is 46.8 Å². The van der Waals surface area contributed by atoms with Gasteiger partial charge in [-0.1, -0.05) is 30.3 Å². The molecule has 0 atom stereocenters. The van der Waals surface area contributed by atoms with E-state index >= 15 is 0 Å². The first-order valence-electron chi connectivity index (χ1n) is 9.00. The Kier molecular flexibility index (Phi) is 5.35. The van der Waals surface area contributed by atoms with Crippen LogP contribution in [-0.4, -0.2) is 26.1 Å². The molecule has 0 radical (unpaired) electrons. The minimum absolute atomic E-state index is 0.0127. The lowest BCUT2D eigenvalue weighted by Gasteiger charge is -2.11. The van der Waals surface area contributed by atoms with Gasteiger partial charge in [0.2, 0.25) is 0 Å². The highest BCUT2D eigenvalue weighted by Gasteiger charge is 2.30. The van der Waals surface area contributed by atoms with Crippen LogP contribution in [0.3, 0.4) is 0 Å². The van der Waals surface area contributed by atoms with Crippen molar-refractivity contribution < 1.29 is 22.4 Å². The van der Waals surface area contributed by atoms with Crippen LogP contribution in [0.15, 0.2) is 77.4 Å². The van der Waals surface area contributed by atoms with E-state index < -0.39 is 17.6 Å². The number of tetrazole rings is 1. The van der Waals surface area contributed by atoms with Crippen molar-refractivity contribution in [1.29, 1.82) is 0 Å². The van der Waals surface area contributed by atoms with Gasteiger partial charge in [-0.15, -0.1) is 5.10 Å². The Balaban J connectivity index is 1.69. The number of furan rings is 1. The van der Waals surface area contributed by atoms with Crippen LogP contribution in [0.1, 0.15) is 11.3 Å². The smallest absolute Gasteiger partial charge is 0.416 e. The summed E-state index contributed by atoms with van der Waals surface area (Å²) < 4.78 is 44.9. The van der Waals surface area contributed by atoms with Crippen LogP contribution in [0.5, 0.6) is 0 Å². The second-order valence-electron chi connectivity index (χ2n) is 6.35. The molecule has 2 heterocycles. The number of carbonyl (C=O) groups is 1. The second kappa shape index (κ2) is 8.27. The average Bonchev–Trinajstić information content (AvgIpc) is 3.44. The van der Waals surface area contributed by atoms with Gasteiger partial charge >= 0.3 is 6.18 Å².